The van der Waals surface area contributed by atoms with Gasteiger partial charge in [0.25, 0.3) is 5.91 Å². The summed E-state index contributed by atoms with van der Waals surface area (Å²) in [6.07, 6.45) is -4.03. The highest BCUT2D eigenvalue weighted by molar-refractivity contribution is 7.91. The second kappa shape index (κ2) is 7.47. The number of aryl methyl sites for hydroxylation is 1. The van der Waals surface area contributed by atoms with Crippen LogP contribution in [0.2, 0.25) is 0 Å². The third kappa shape index (κ3) is 4.47. The van der Waals surface area contributed by atoms with Gasteiger partial charge >= 0.3 is 6.18 Å². The largest absolute Gasteiger partial charge is 0.416 e. The van der Waals surface area contributed by atoms with Crippen molar-refractivity contribution in [3.05, 3.63) is 52.3 Å². The predicted molar refractivity (Wildman–Crippen MR) is 101 cm³/mol. The molecule has 0 bridgehead atoms. The first kappa shape index (κ1) is 21.4. The van der Waals surface area contributed by atoms with Gasteiger partial charge in [0.05, 0.1) is 28.8 Å². The fourth-order valence-corrected chi connectivity index (χ4v) is 5.30. The first-order chi connectivity index (χ1) is 13.4. The van der Waals surface area contributed by atoms with Crippen LogP contribution in [0.15, 0.2) is 24.3 Å². The van der Waals surface area contributed by atoms with E-state index in [0.29, 0.717) is 12.1 Å². The minimum Gasteiger partial charge on any atom is -0.337 e. The molecule has 1 aromatic heterocycles. The van der Waals surface area contributed by atoms with Crippen molar-refractivity contribution in [2.45, 2.75) is 39.0 Å². The minimum absolute atomic E-state index is 0.0351. The topological polar surface area (TPSA) is 72.3 Å². The summed E-state index contributed by atoms with van der Waals surface area (Å²) in [4.78, 5) is 14.0. The van der Waals surface area contributed by atoms with E-state index >= 15 is 0 Å². The molecule has 1 saturated heterocycles. The predicted octanol–water partition coefficient (Wildman–Crippen LogP) is 3.15. The quantitative estimate of drug-likeness (QED) is 0.749. The molecule has 10 heteroatoms. The molecule has 2 heterocycles. The van der Waals surface area contributed by atoms with Crippen LogP contribution in [0.3, 0.4) is 0 Å². The Kier molecular flexibility index (Phi) is 5.50. The van der Waals surface area contributed by atoms with E-state index in [1.54, 1.807) is 11.6 Å². The lowest BCUT2D eigenvalue weighted by Crippen LogP contribution is -2.27. The van der Waals surface area contributed by atoms with Crippen LogP contribution in [0.5, 0.6) is 0 Å². The van der Waals surface area contributed by atoms with Crippen molar-refractivity contribution in [2.75, 3.05) is 18.6 Å². The molecule has 1 fully saturated rings. The molecule has 1 atom stereocenters. The van der Waals surface area contributed by atoms with Gasteiger partial charge in [0, 0.05) is 30.4 Å². The third-order valence-electron chi connectivity index (χ3n) is 5.21. The molecule has 158 valence electrons. The number of hydrogen-bond donors (Lipinski definition) is 0. The van der Waals surface area contributed by atoms with Crippen LogP contribution < -0.4 is 0 Å². The summed E-state index contributed by atoms with van der Waals surface area (Å²) in [7, 11) is -1.56. The van der Waals surface area contributed by atoms with Crippen LogP contribution >= 0.6 is 0 Å². The number of alkyl halides is 3. The van der Waals surface area contributed by atoms with E-state index in [-0.39, 0.29) is 29.7 Å². The maximum Gasteiger partial charge on any atom is 0.416 e. The fourth-order valence-electron chi connectivity index (χ4n) is 3.61. The second-order valence-corrected chi connectivity index (χ2v) is 9.62. The van der Waals surface area contributed by atoms with Gasteiger partial charge in [-0.15, -0.1) is 0 Å². The van der Waals surface area contributed by atoms with E-state index < -0.39 is 27.5 Å². The van der Waals surface area contributed by atoms with Crippen LogP contribution in [0.4, 0.5) is 13.2 Å². The van der Waals surface area contributed by atoms with Crippen molar-refractivity contribution in [3.8, 4) is 0 Å². The molecule has 1 aliphatic rings. The van der Waals surface area contributed by atoms with Crippen molar-refractivity contribution in [1.29, 1.82) is 0 Å². The van der Waals surface area contributed by atoms with Gasteiger partial charge in [-0.25, -0.2) is 8.42 Å². The first-order valence-electron chi connectivity index (χ1n) is 9.07. The summed E-state index contributed by atoms with van der Waals surface area (Å²) < 4.78 is 64.0. The van der Waals surface area contributed by atoms with Crippen molar-refractivity contribution in [1.82, 2.24) is 14.7 Å². The highest BCUT2D eigenvalue weighted by Gasteiger charge is 2.33. The molecule has 0 radical (unpaired) electrons. The molecule has 0 unspecified atom stereocenters. The standard InChI is InChI=1S/C19H22F3N3O3S/c1-12-17(13(2)25(23-12)16-7-8-29(27,28)11-16)10-24(3)18(26)14-5-4-6-15(9-14)19(20,21)22/h4-6,9,16H,7-8,10-11H2,1-3H3/t16-/m0/s1. The lowest BCUT2D eigenvalue weighted by Gasteiger charge is -2.19. The van der Waals surface area contributed by atoms with E-state index in [4.69, 9.17) is 0 Å². The summed E-state index contributed by atoms with van der Waals surface area (Å²) in [6.45, 7) is 3.74. The zero-order chi connectivity index (χ0) is 21.6. The van der Waals surface area contributed by atoms with E-state index in [9.17, 15) is 26.4 Å². The molecule has 0 saturated carbocycles. The molecule has 1 amide bonds. The number of carbonyl (C=O) groups excluding carboxylic acids is 1. The van der Waals surface area contributed by atoms with Crippen molar-refractivity contribution in [3.63, 3.8) is 0 Å². The molecule has 6 nitrogen and oxygen atoms in total. The van der Waals surface area contributed by atoms with Crippen LogP contribution in [-0.2, 0) is 22.6 Å². The highest BCUT2D eigenvalue weighted by atomic mass is 32.2. The van der Waals surface area contributed by atoms with Gasteiger partial charge in [0.15, 0.2) is 9.84 Å². The Morgan fingerprint density at radius 2 is 2.00 bits per heavy atom. The van der Waals surface area contributed by atoms with Gasteiger partial charge in [-0.05, 0) is 38.5 Å². The number of hydrogen-bond acceptors (Lipinski definition) is 4. The number of amides is 1. The van der Waals surface area contributed by atoms with E-state index in [0.717, 1.165) is 23.4 Å². The number of benzene rings is 1. The molecular weight excluding hydrogens is 407 g/mol. The maximum absolute atomic E-state index is 12.9. The molecule has 0 spiro atoms. The lowest BCUT2D eigenvalue weighted by atomic mass is 10.1. The SMILES string of the molecule is Cc1nn([C@H]2CCS(=O)(=O)C2)c(C)c1CN(C)C(=O)c1cccc(C(F)(F)F)c1. The smallest absolute Gasteiger partial charge is 0.337 e. The Labute approximate surface area is 167 Å². The first-order valence-corrected chi connectivity index (χ1v) is 10.9. The zero-order valence-corrected chi connectivity index (χ0v) is 17.1. The summed E-state index contributed by atoms with van der Waals surface area (Å²) in [5.74, 6) is -0.377. The third-order valence-corrected chi connectivity index (χ3v) is 6.96. The second-order valence-electron chi connectivity index (χ2n) is 7.39. The molecule has 2 aromatic rings. The highest BCUT2D eigenvalue weighted by Crippen LogP contribution is 2.30. The Balaban J connectivity index is 1.81. The Morgan fingerprint density at radius 1 is 1.31 bits per heavy atom. The molecular formula is C19H22F3N3O3S. The number of sulfone groups is 1. The van der Waals surface area contributed by atoms with Crippen LogP contribution in [0.1, 0.15) is 45.3 Å². The summed E-state index contributed by atoms with van der Waals surface area (Å²) in [5.41, 5.74) is 1.26. The van der Waals surface area contributed by atoms with Gasteiger partial charge in [-0.3, -0.25) is 9.48 Å². The Bertz CT molecular complexity index is 1040. The normalized spacial score (nSPS) is 18.8. The molecule has 1 aromatic carbocycles. The van der Waals surface area contributed by atoms with E-state index in [1.807, 2.05) is 6.92 Å². The molecule has 0 N–H and O–H groups in total. The van der Waals surface area contributed by atoms with Crippen LogP contribution in [0, 0.1) is 13.8 Å². The van der Waals surface area contributed by atoms with Gasteiger partial charge in [0.2, 0.25) is 0 Å². The van der Waals surface area contributed by atoms with E-state index in [1.165, 1.54) is 24.1 Å². The summed E-state index contributed by atoms with van der Waals surface area (Å²) >= 11 is 0. The van der Waals surface area contributed by atoms with Crippen LogP contribution in [-0.4, -0.2) is 47.6 Å². The van der Waals surface area contributed by atoms with Gasteiger partial charge in [-0.1, -0.05) is 6.07 Å². The number of rotatable bonds is 4. The molecule has 29 heavy (non-hydrogen) atoms. The average Bonchev–Trinajstić information content (AvgIpc) is 3.13. The number of carbonyl (C=O) groups is 1. The van der Waals surface area contributed by atoms with Crippen molar-refractivity contribution in [2.24, 2.45) is 0 Å². The summed E-state index contributed by atoms with van der Waals surface area (Å²) in [5, 5.41) is 4.45. The average molecular weight is 429 g/mol. The number of aromatic nitrogens is 2. The van der Waals surface area contributed by atoms with Crippen molar-refractivity contribution < 1.29 is 26.4 Å². The van der Waals surface area contributed by atoms with Crippen molar-refractivity contribution >= 4 is 15.7 Å². The monoisotopic (exact) mass is 429 g/mol. The summed E-state index contributed by atoms with van der Waals surface area (Å²) in [6, 6.07) is 4.08. The van der Waals surface area contributed by atoms with Crippen LogP contribution in [0.25, 0.3) is 0 Å². The number of halogens is 3. The molecule has 3 rings (SSSR count). The minimum atomic E-state index is -4.52. The van der Waals surface area contributed by atoms with Gasteiger partial charge in [0.1, 0.15) is 0 Å². The Hall–Kier alpha value is -2.36. The number of nitrogens with zero attached hydrogens (tertiary/aromatic N) is 3. The fraction of sp³-hybridized carbons (Fsp3) is 0.474. The molecule has 0 aliphatic carbocycles. The Morgan fingerprint density at radius 3 is 2.59 bits per heavy atom. The lowest BCUT2D eigenvalue weighted by molar-refractivity contribution is -0.137. The van der Waals surface area contributed by atoms with E-state index in [2.05, 4.69) is 5.10 Å². The maximum atomic E-state index is 12.9. The van der Waals surface area contributed by atoms with Gasteiger partial charge in [-0.2, -0.15) is 18.3 Å². The zero-order valence-electron chi connectivity index (χ0n) is 16.3. The van der Waals surface area contributed by atoms with Gasteiger partial charge < -0.3 is 4.90 Å². The molecule has 1 aliphatic heterocycles.